The Kier molecular flexibility index (Phi) is 4.99. The van der Waals surface area contributed by atoms with Gasteiger partial charge in [-0.25, -0.2) is 4.79 Å². The molecule has 7 heteroatoms. The summed E-state index contributed by atoms with van der Waals surface area (Å²) in [6, 6.07) is 6.68. The molecule has 1 saturated heterocycles. The van der Waals surface area contributed by atoms with Crippen molar-refractivity contribution >= 4 is 29.4 Å². The molecule has 2 atom stereocenters. The average molecular weight is 364 g/mol. The lowest BCUT2D eigenvalue weighted by atomic mass is 9.73. The summed E-state index contributed by atoms with van der Waals surface area (Å²) in [6.45, 7) is 2.02. The molecule has 1 heterocycles. The number of hydrogen-bond acceptors (Lipinski definition) is 3. The minimum atomic E-state index is -0.831. The molecule has 134 valence electrons. The van der Waals surface area contributed by atoms with Crippen molar-refractivity contribution in [3.8, 4) is 0 Å². The average Bonchev–Trinajstić information content (AvgIpc) is 2.81. The van der Waals surface area contributed by atoms with E-state index in [-0.39, 0.29) is 24.3 Å². The maximum atomic E-state index is 12.8. The van der Waals surface area contributed by atoms with Crippen LogP contribution in [-0.2, 0) is 16.1 Å². The molecule has 4 amide bonds. The van der Waals surface area contributed by atoms with E-state index in [0.717, 1.165) is 29.7 Å². The van der Waals surface area contributed by atoms with E-state index in [0.29, 0.717) is 18.0 Å². The zero-order valence-corrected chi connectivity index (χ0v) is 14.9. The molecule has 2 aliphatic rings. The first kappa shape index (κ1) is 17.7. The van der Waals surface area contributed by atoms with Crippen molar-refractivity contribution in [3.05, 3.63) is 34.9 Å². The zero-order chi connectivity index (χ0) is 18.0. The van der Waals surface area contributed by atoms with E-state index in [2.05, 4.69) is 10.6 Å². The van der Waals surface area contributed by atoms with Crippen LogP contribution in [0.3, 0.4) is 0 Å². The maximum Gasteiger partial charge on any atom is 0.325 e. The van der Waals surface area contributed by atoms with Gasteiger partial charge >= 0.3 is 6.03 Å². The minimum Gasteiger partial charge on any atom is -0.350 e. The fraction of sp³-hybridized carbons (Fsp3) is 0.500. The molecule has 0 aromatic heterocycles. The molecule has 2 N–H and O–H groups in total. The van der Waals surface area contributed by atoms with Gasteiger partial charge in [0.2, 0.25) is 5.91 Å². The van der Waals surface area contributed by atoms with Crippen molar-refractivity contribution in [2.24, 2.45) is 5.92 Å². The van der Waals surface area contributed by atoms with Crippen molar-refractivity contribution in [1.29, 1.82) is 0 Å². The molecule has 1 aliphatic carbocycles. The van der Waals surface area contributed by atoms with E-state index >= 15 is 0 Å². The minimum absolute atomic E-state index is 0.0808. The number of carbonyl (C=O) groups excluding carboxylic acids is 3. The Labute approximate surface area is 151 Å². The molecule has 0 bridgehead atoms. The highest BCUT2D eigenvalue weighted by atomic mass is 35.5. The monoisotopic (exact) mass is 363 g/mol. The summed E-state index contributed by atoms with van der Waals surface area (Å²) < 4.78 is 0. The topological polar surface area (TPSA) is 78.5 Å². The van der Waals surface area contributed by atoms with E-state index in [4.69, 9.17) is 11.6 Å². The number of carbonyl (C=O) groups is 3. The summed E-state index contributed by atoms with van der Waals surface area (Å²) in [6.07, 6.45) is 3.51. The van der Waals surface area contributed by atoms with Crippen molar-refractivity contribution in [3.63, 3.8) is 0 Å². The maximum absolute atomic E-state index is 12.8. The molecular formula is C18H22ClN3O3. The number of benzene rings is 1. The fourth-order valence-electron chi connectivity index (χ4n) is 3.69. The van der Waals surface area contributed by atoms with Gasteiger partial charge in [0, 0.05) is 11.6 Å². The highest BCUT2D eigenvalue weighted by Gasteiger charge is 2.55. The molecule has 0 radical (unpaired) electrons. The van der Waals surface area contributed by atoms with Crippen LogP contribution in [0.25, 0.3) is 0 Å². The van der Waals surface area contributed by atoms with Crippen LogP contribution in [0.4, 0.5) is 4.79 Å². The van der Waals surface area contributed by atoms with Crippen molar-refractivity contribution < 1.29 is 14.4 Å². The van der Waals surface area contributed by atoms with E-state index in [1.54, 1.807) is 18.2 Å². The molecule has 2 fully saturated rings. The molecular weight excluding hydrogens is 342 g/mol. The number of imide groups is 1. The number of hydrogen-bond donors (Lipinski definition) is 2. The molecule has 1 aromatic carbocycles. The smallest absolute Gasteiger partial charge is 0.325 e. The number of amides is 4. The zero-order valence-electron chi connectivity index (χ0n) is 14.2. The third kappa shape index (κ3) is 3.49. The van der Waals surface area contributed by atoms with Crippen LogP contribution in [0.15, 0.2) is 24.3 Å². The SMILES string of the molecule is CC1CCCCC12NC(=O)N(CC(=O)NCc1cccc(Cl)c1)C2=O. The fourth-order valence-corrected chi connectivity index (χ4v) is 3.90. The van der Waals surface area contributed by atoms with E-state index < -0.39 is 11.6 Å². The van der Waals surface area contributed by atoms with Crippen molar-refractivity contribution in [1.82, 2.24) is 15.5 Å². The molecule has 1 aromatic rings. The Bertz CT molecular complexity index is 709. The van der Waals surface area contributed by atoms with Gasteiger partial charge in [-0.1, -0.05) is 43.5 Å². The van der Waals surface area contributed by atoms with Crippen LogP contribution in [0.1, 0.15) is 38.2 Å². The highest BCUT2D eigenvalue weighted by molar-refractivity contribution is 6.30. The van der Waals surface area contributed by atoms with E-state index in [1.165, 1.54) is 0 Å². The lowest BCUT2D eigenvalue weighted by Gasteiger charge is -2.36. The van der Waals surface area contributed by atoms with Crippen LogP contribution in [0.5, 0.6) is 0 Å². The van der Waals surface area contributed by atoms with Crippen molar-refractivity contribution in [2.45, 2.75) is 44.7 Å². The molecule has 6 nitrogen and oxygen atoms in total. The van der Waals surface area contributed by atoms with Crippen LogP contribution in [0, 0.1) is 5.92 Å². The number of nitrogens with one attached hydrogen (secondary N) is 2. The summed E-state index contributed by atoms with van der Waals surface area (Å²) in [5.74, 6) is -0.566. The van der Waals surface area contributed by atoms with Crippen molar-refractivity contribution in [2.75, 3.05) is 6.54 Å². The van der Waals surface area contributed by atoms with Gasteiger partial charge < -0.3 is 10.6 Å². The summed E-state index contributed by atoms with van der Waals surface area (Å²) in [4.78, 5) is 38.3. The number of urea groups is 1. The molecule has 1 spiro atoms. The van der Waals surface area contributed by atoms with Crippen LogP contribution in [-0.4, -0.2) is 34.8 Å². The summed E-state index contributed by atoms with van der Waals surface area (Å²) in [5, 5.41) is 6.16. The third-order valence-electron chi connectivity index (χ3n) is 5.18. The van der Waals surface area contributed by atoms with Crippen LogP contribution >= 0.6 is 11.6 Å². The van der Waals surface area contributed by atoms with Gasteiger partial charge in [-0.05, 0) is 36.5 Å². The third-order valence-corrected chi connectivity index (χ3v) is 5.42. The van der Waals surface area contributed by atoms with Gasteiger partial charge in [0.25, 0.3) is 5.91 Å². The Morgan fingerprint density at radius 3 is 2.92 bits per heavy atom. The number of halogens is 1. The molecule has 1 saturated carbocycles. The lowest BCUT2D eigenvalue weighted by molar-refractivity contribution is -0.137. The molecule has 1 aliphatic heterocycles. The highest BCUT2D eigenvalue weighted by Crippen LogP contribution is 2.38. The van der Waals surface area contributed by atoms with Gasteiger partial charge in [0.15, 0.2) is 0 Å². The van der Waals surface area contributed by atoms with E-state index in [9.17, 15) is 14.4 Å². The summed E-state index contributed by atoms with van der Waals surface area (Å²) >= 11 is 5.91. The number of rotatable bonds is 4. The first-order chi connectivity index (χ1) is 11.9. The Balaban J connectivity index is 1.61. The normalized spacial score (nSPS) is 26.0. The predicted molar refractivity (Wildman–Crippen MR) is 93.9 cm³/mol. The number of nitrogens with zero attached hydrogens (tertiary/aromatic N) is 1. The molecule has 25 heavy (non-hydrogen) atoms. The van der Waals surface area contributed by atoms with Crippen LogP contribution in [0.2, 0.25) is 5.02 Å². The Morgan fingerprint density at radius 1 is 1.40 bits per heavy atom. The molecule has 2 unspecified atom stereocenters. The van der Waals surface area contributed by atoms with Gasteiger partial charge in [-0.15, -0.1) is 0 Å². The van der Waals surface area contributed by atoms with Gasteiger partial charge in [-0.3, -0.25) is 14.5 Å². The van der Waals surface area contributed by atoms with Gasteiger partial charge in [-0.2, -0.15) is 0 Å². The second-order valence-electron chi connectivity index (χ2n) is 6.85. The van der Waals surface area contributed by atoms with E-state index in [1.807, 2.05) is 13.0 Å². The molecule has 3 rings (SSSR count). The largest absolute Gasteiger partial charge is 0.350 e. The Hall–Kier alpha value is -2.08. The Morgan fingerprint density at radius 2 is 2.20 bits per heavy atom. The summed E-state index contributed by atoms with van der Waals surface area (Å²) in [7, 11) is 0. The lowest BCUT2D eigenvalue weighted by Crippen LogP contribution is -2.54. The van der Waals surface area contributed by atoms with Gasteiger partial charge in [0.1, 0.15) is 12.1 Å². The standard InChI is InChI=1S/C18H22ClN3O3/c1-12-5-2-3-8-18(12)16(24)22(17(25)21-18)11-15(23)20-10-13-6-4-7-14(19)9-13/h4,6-7,9,12H,2-3,5,8,10-11H2,1H3,(H,20,23)(H,21,25). The second-order valence-corrected chi connectivity index (χ2v) is 7.28. The first-order valence-corrected chi connectivity index (χ1v) is 8.95. The second kappa shape index (κ2) is 7.04. The predicted octanol–water partition coefficient (Wildman–Crippen LogP) is 2.46. The first-order valence-electron chi connectivity index (χ1n) is 8.57. The summed E-state index contributed by atoms with van der Waals surface area (Å²) in [5.41, 5.74) is 0.0261. The van der Waals surface area contributed by atoms with Gasteiger partial charge in [0.05, 0.1) is 0 Å². The quantitative estimate of drug-likeness (QED) is 0.806. The van der Waals surface area contributed by atoms with Crippen LogP contribution < -0.4 is 10.6 Å².